The molecule has 0 radical (unpaired) electrons. The number of ether oxygens (including phenoxy) is 2. The molecule has 0 bridgehead atoms. The van der Waals surface area contributed by atoms with Gasteiger partial charge in [-0.2, -0.15) is 0 Å². The van der Waals surface area contributed by atoms with Crippen molar-refractivity contribution < 1.29 is 19.4 Å². The quantitative estimate of drug-likeness (QED) is 0.362. The third kappa shape index (κ3) is 10.7. The van der Waals surface area contributed by atoms with Crippen molar-refractivity contribution in [2.75, 3.05) is 13.2 Å². The van der Waals surface area contributed by atoms with Gasteiger partial charge >= 0.3 is 5.97 Å². The molecule has 1 unspecified atom stereocenters. The lowest BCUT2D eigenvalue weighted by Crippen LogP contribution is -2.30. The highest BCUT2D eigenvalue weighted by Crippen LogP contribution is 2.17. The first-order chi connectivity index (χ1) is 9.76. The van der Waals surface area contributed by atoms with Crippen LogP contribution in [0.5, 0.6) is 0 Å². The van der Waals surface area contributed by atoms with Crippen molar-refractivity contribution in [1.29, 1.82) is 0 Å². The smallest absolute Gasteiger partial charge is 0.330 e. The lowest BCUT2D eigenvalue weighted by Gasteiger charge is -2.23. The van der Waals surface area contributed by atoms with Crippen molar-refractivity contribution in [3.8, 4) is 0 Å². The SMILES string of the molecule is CCC(C=C(C)C(=O)O)[SiH2]C(OCC(C)C)OCC(C)C. The molecule has 0 aromatic heterocycles. The van der Waals surface area contributed by atoms with E-state index in [9.17, 15) is 4.79 Å². The molecule has 0 aromatic rings. The van der Waals surface area contributed by atoms with Gasteiger partial charge in [0.15, 0.2) is 0 Å². The molecule has 124 valence electrons. The zero-order valence-electron chi connectivity index (χ0n) is 14.4. The minimum absolute atomic E-state index is 0.127. The van der Waals surface area contributed by atoms with Crippen LogP contribution in [0.15, 0.2) is 11.6 Å². The van der Waals surface area contributed by atoms with Crippen molar-refractivity contribution in [2.45, 2.75) is 59.4 Å². The topological polar surface area (TPSA) is 55.8 Å². The Labute approximate surface area is 131 Å². The maximum Gasteiger partial charge on any atom is 0.330 e. The van der Waals surface area contributed by atoms with Gasteiger partial charge in [-0.3, -0.25) is 0 Å². The zero-order valence-corrected chi connectivity index (χ0v) is 15.8. The number of hydrogen-bond donors (Lipinski definition) is 1. The summed E-state index contributed by atoms with van der Waals surface area (Å²) in [6, 6.07) is 0. The summed E-state index contributed by atoms with van der Waals surface area (Å²) in [6.45, 7) is 13.6. The summed E-state index contributed by atoms with van der Waals surface area (Å²) >= 11 is 0. The van der Waals surface area contributed by atoms with Crippen molar-refractivity contribution in [2.24, 2.45) is 11.8 Å². The second kappa shape index (κ2) is 11.0. The molecule has 5 heteroatoms. The van der Waals surface area contributed by atoms with Crippen LogP contribution in [0.25, 0.3) is 0 Å². The minimum atomic E-state index is -0.842. The fourth-order valence-electron chi connectivity index (χ4n) is 1.81. The summed E-state index contributed by atoms with van der Waals surface area (Å²) in [4.78, 5) is 11.0. The van der Waals surface area contributed by atoms with Gasteiger partial charge in [-0.1, -0.05) is 47.1 Å². The van der Waals surface area contributed by atoms with Gasteiger partial charge in [-0.15, -0.1) is 0 Å². The first-order valence-electron chi connectivity index (χ1n) is 7.91. The van der Waals surface area contributed by atoms with Crippen molar-refractivity contribution in [1.82, 2.24) is 0 Å². The number of carboxylic acids is 1. The van der Waals surface area contributed by atoms with Crippen molar-refractivity contribution >= 4 is 15.5 Å². The van der Waals surface area contributed by atoms with Crippen LogP contribution in [0.4, 0.5) is 0 Å². The second-order valence-corrected chi connectivity index (χ2v) is 8.63. The molecule has 1 N–H and O–H groups in total. The average molecular weight is 317 g/mol. The van der Waals surface area contributed by atoms with Gasteiger partial charge < -0.3 is 14.6 Å². The standard InChI is InChI=1S/C16H32O4Si/c1-7-14(8-13(6)15(17)18)21-16(19-9-11(2)3)20-10-12(4)5/h8,11-12,14,16H,7,9-10,21H2,1-6H3,(H,17,18). The van der Waals surface area contributed by atoms with E-state index in [-0.39, 0.29) is 5.91 Å². The number of carbonyl (C=O) groups is 1. The Hall–Kier alpha value is -0.653. The van der Waals surface area contributed by atoms with Gasteiger partial charge in [0, 0.05) is 5.57 Å². The average Bonchev–Trinajstić information content (AvgIpc) is 2.39. The van der Waals surface area contributed by atoms with Crippen molar-refractivity contribution in [3.05, 3.63) is 11.6 Å². The molecule has 0 saturated heterocycles. The number of rotatable bonds is 11. The summed E-state index contributed by atoms with van der Waals surface area (Å²) in [6.07, 6.45) is 2.81. The number of hydrogen-bond acceptors (Lipinski definition) is 3. The molecule has 0 heterocycles. The Morgan fingerprint density at radius 2 is 1.62 bits per heavy atom. The molecule has 1 atom stereocenters. The van der Waals surface area contributed by atoms with E-state index in [1.165, 1.54) is 0 Å². The van der Waals surface area contributed by atoms with Gasteiger partial charge in [0.1, 0.15) is 5.91 Å². The highest BCUT2D eigenvalue weighted by atomic mass is 28.2. The van der Waals surface area contributed by atoms with E-state index in [1.54, 1.807) is 6.92 Å². The van der Waals surface area contributed by atoms with Gasteiger partial charge in [0.2, 0.25) is 0 Å². The zero-order chi connectivity index (χ0) is 16.4. The summed E-state index contributed by atoms with van der Waals surface area (Å²) < 4.78 is 11.8. The van der Waals surface area contributed by atoms with Crippen LogP contribution in [0.3, 0.4) is 0 Å². The van der Waals surface area contributed by atoms with Crippen molar-refractivity contribution in [3.63, 3.8) is 0 Å². The molecule has 0 aliphatic heterocycles. The Kier molecular flexibility index (Phi) is 10.6. The Balaban J connectivity index is 4.64. The molecule has 21 heavy (non-hydrogen) atoms. The van der Waals surface area contributed by atoms with Crippen LogP contribution < -0.4 is 0 Å². The molecule has 0 amide bonds. The predicted octanol–water partition coefficient (Wildman–Crippen LogP) is 3.01. The molecule has 0 aliphatic carbocycles. The lowest BCUT2D eigenvalue weighted by molar-refractivity contribution is -0.132. The molecule has 4 nitrogen and oxygen atoms in total. The fourth-order valence-corrected chi connectivity index (χ4v) is 3.67. The van der Waals surface area contributed by atoms with Gasteiger partial charge in [-0.25, -0.2) is 4.79 Å². The molecule has 0 aromatic carbocycles. The van der Waals surface area contributed by atoms with Crippen LogP contribution in [0.1, 0.15) is 48.0 Å². The summed E-state index contributed by atoms with van der Waals surface area (Å²) in [7, 11) is -0.706. The number of allylic oxidation sites excluding steroid dienone is 1. The predicted molar refractivity (Wildman–Crippen MR) is 89.3 cm³/mol. The van der Waals surface area contributed by atoms with Crippen LogP contribution in [0.2, 0.25) is 5.54 Å². The number of aliphatic carboxylic acids is 1. The summed E-state index contributed by atoms with van der Waals surface area (Å²) in [5.74, 6) is -0.0242. The number of carboxylic acid groups (broad SMARTS) is 1. The molecule has 0 rings (SSSR count). The first-order valence-corrected chi connectivity index (χ1v) is 9.54. The van der Waals surface area contributed by atoms with Gasteiger partial charge in [0.05, 0.1) is 22.7 Å². The largest absolute Gasteiger partial charge is 0.478 e. The maximum absolute atomic E-state index is 11.0. The van der Waals surface area contributed by atoms with E-state index in [4.69, 9.17) is 14.6 Å². The Morgan fingerprint density at radius 3 is 1.95 bits per heavy atom. The highest BCUT2D eigenvalue weighted by Gasteiger charge is 2.18. The third-order valence-corrected chi connectivity index (χ3v) is 5.35. The highest BCUT2D eigenvalue weighted by molar-refractivity contribution is 6.39. The Bertz CT molecular complexity index is 314. The van der Waals surface area contributed by atoms with Crippen LogP contribution in [-0.4, -0.2) is 39.7 Å². The molecular formula is C16H32O4Si. The summed E-state index contributed by atoms with van der Waals surface area (Å²) in [5, 5.41) is 9.00. The third-order valence-electron chi connectivity index (χ3n) is 3.07. The normalized spacial score (nSPS) is 14.8. The Morgan fingerprint density at radius 1 is 1.14 bits per heavy atom. The van der Waals surface area contributed by atoms with E-state index in [2.05, 4.69) is 34.6 Å². The van der Waals surface area contributed by atoms with Crippen LogP contribution in [-0.2, 0) is 14.3 Å². The van der Waals surface area contributed by atoms with Gasteiger partial charge in [-0.05, 0) is 24.3 Å². The van der Waals surface area contributed by atoms with E-state index >= 15 is 0 Å². The molecule has 0 fully saturated rings. The van der Waals surface area contributed by atoms with E-state index in [0.717, 1.165) is 6.42 Å². The molecular weight excluding hydrogens is 284 g/mol. The molecule has 0 spiro atoms. The first kappa shape index (κ1) is 20.3. The monoisotopic (exact) mass is 316 g/mol. The molecule has 0 aliphatic rings. The van der Waals surface area contributed by atoms with E-state index in [0.29, 0.717) is 36.2 Å². The van der Waals surface area contributed by atoms with Gasteiger partial charge in [0.25, 0.3) is 0 Å². The second-order valence-electron chi connectivity index (χ2n) is 6.44. The minimum Gasteiger partial charge on any atom is -0.478 e. The summed E-state index contributed by atoms with van der Waals surface area (Å²) in [5.41, 5.74) is 0.714. The molecule has 0 saturated carbocycles. The van der Waals surface area contributed by atoms with E-state index < -0.39 is 15.5 Å². The lowest BCUT2D eigenvalue weighted by atomic mass is 10.2. The fraction of sp³-hybridized carbons (Fsp3) is 0.812. The van der Waals surface area contributed by atoms with E-state index in [1.807, 2.05) is 6.08 Å². The van der Waals surface area contributed by atoms with Crippen LogP contribution in [0, 0.1) is 11.8 Å². The maximum atomic E-state index is 11.0. The van der Waals surface area contributed by atoms with Crippen LogP contribution >= 0.6 is 0 Å².